The largest absolute Gasteiger partial charge is 0.383 e. The van der Waals surface area contributed by atoms with Crippen molar-refractivity contribution in [2.75, 3.05) is 18.4 Å². The molecule has 1 N–H and O–H groups in total. The van der Waals surface area contributed by atoms with Crippen LogP contribution in [0.1, 0.15) is 0 Å². The summed E-state index contributed by atoms with van der Waals surface area (Å²) in [5, 5.41) is 7.70. The monoisotopic (exact) mass is 410 g/mol. The first-order chi connectivity index (χ1) is 12.9. The van der Waals surface area contributed by atoms with E-state index >= 15 is 0 Å². The zero-order chi connectivity index (χ0) is 19.4. The minimum atomic E-state index is -3.93. The van der Waals surface area contributed by atoms with Gasteiger partial charge in [0.15, 0.2) is 5.82 Å². The van der Waals surface area contributed by atoms with E-state index in [0.717, 1.165) is 6.07 Å². The summed E-state index contributed by atoms with van der Waals surface area (Å²) < 4.78 is 48.5. The molecule has 10 heteroatoms. The molecule has 0 bridgehead atoms. The highest BCUT2D eigenvalue weighted by Gasteiger charge is 2.21. The first kappa shape index (κ1) is 19.3. The second kappa shape index (κ2) is 8.03. The van der Waals surface area contributed by atoms with E-state index in [1.165, 1.54) is 24.5 Å². The summed E-state index contributed by atoms with van der Waals surface area (Å²) in [6.07, 6.45) is 1.47. The minimum Gasteiger partial charge on any atom is -0.383 e. The maximum atomic E-state index is 14.1. The van der Waals surface area contributed by atoms with Crippen LogP contribution in [0.15, 0.2) is 53.7 Å². The third kappa shape index (κ3) is 4.26. The number of sulfonamides is 1. The van der Waals surface area contributed by atoms with E-state index in [1.807, 2.05) is 0 Å². The molecule has 0 radical (unpaired) electrons. The Balaban J connectivity index is 2.06. The van der Waals surface area contributed by atoms with E-state index < -0.39 is 15.8 Å². The molecule has 7 nitrogen and oxygen atoms in total. The van der Waals surface area contributed by atoms with Crippen LogP contribution in [0, 0.1) is 5.82 Å². The Morgan fingerprint density at radius 2 is 2.00 bits per heavy atom. The Labute approximate surface area is 160 Å². The number of hydrogen-bond donors (Lipinski definition) is 1. The number of nitrogens with zero attached hydrogens (tertiary/aromatic N) is 3. The number of benzene rings is 2. The number of rotatable bonds is 7. The number of anilines is 1. The predicted molar refractivity (Wildman–Crippen MR) is 99.6 cm³/mol. The maximum absolute atomic E-state index is 14.1. The van der Waals surface area contributed by atoms with Gasteiger partial charge in [0.25, 0.3) is 10.0 Å². The smallest absolute Gasteiger partial charge is 0.261 e. The van der Waals surface area contributed by atoms with Crippen molar-refractivity contribution in [1.29, 1.82) is 0 Å². The Bertz CT molecular complexity index is 1040. The third-order valence-electron chi connectivity index (χ3n) is 3.75. The van der Waals surface area contributed by atoms with Gasteiger partial charge in [-0.25, -0.2) is 12.8 Å². The lowest BCUT2D eigenvalue weighted by molar-refractivity contribution is 0.187. The fourth-order valence-corrected chi connectivity index (χ4v) is 3.69. The molecule has 0 aliphatic rings. The lowest BCUT2D eigenvalue weighted by Crippen LogP contribution is -2.14. The number of halogens is 2. The standard InChI is InChI=1S/C17H16ClFN4O3S/c1-26-8-7-23-11-20-21-17(23)13-9-14(18)15(19)10-16(13)22-27(24,25)12-5-3-2-4-6-12/h2-6,9-11,22H,7-8H2,1H3. The first-order valence-corrected chi connectivity index (χ1v) is 9.72. The van der Waals surface area contributed by atoms with Crippen LogP contribution in [0.3, 0.4) is 0 Å². The predicted octanol–water partition coefficient (Wildman–Crippen LogP) is 3.18. The van der Waals surface area contributed by atoms with Crippen molar-refractivity contribution in [2.24, 2.45) is 0 Å². The molecule has 0 aliphatic heterocycles. The molecule has 0 spiro atoms. The fourth-order valence-electron chi connectivity index (χ4n) is 2.44. The van der Waals surface area contributed by atoms with Crippen molar-refractivity contribution >= 4 is 27.3 Å². The number of ether oxygens (including phenoxy) is 1. The summed E-state index contributed by atoms with van der Waals surface area (Å²) in [6, 6.07) is 10.1. The Morgan fingerprint density at radius 3 is 2.70 bits per heavy atom. The van der Waals surface area contributed by atoms with Gasteiger partial charge in [-0.15, -0.1) is 10.2 Å². The Hall–Kier alpha value is -2.49. The van der Waals surface area contributed by atoms with Crippen molar-refractivity contribution in [2.45, 2.75) is 11.4 Å². The van der Waals surface area contributed by atoms with Crippen LogP contribution in [-0.2, 0) is 21.3 Å². The fraction of sp³-hybridized carbons (Fsp3) is 0.176. The highest BCUT2D eigenvalue weighted by atomic mass is 35.5. The van der Waals surface area contributed by atoms with Gasteiger partial charge in [-0.3, -0.25) is 4.72 Å². The maximum Gasteiger partial charge on any atom is 0.261 e. The molecule has 1 heterocycles. The van der Waals surface area contributed by atoms with Crippen molar-refractivity contribution in [3.8, 4) is 11.4 Å². The van der Waals surface area contributed by atoms with E-state index in [0.29, 0.717) is 24.5 Å². The van der Waals surface area contributed by atoms with Gasteiger partial charge in [0.1, 0.15) is 12.1 Å². The summed E-state index contributed by atoms with van der Waals surface area (Å²) >= 11 is 5.91. The van der Waals surface area contributed by atoms with Gasteiger partial charge in [0, 0.05) is 25.3 Å². The molecule has 0 fully saturated rings. The van der Waals surface area contributed by atoms with Gasteiger partial charge in [-0.1, -0.05) is 29.8 Å². The average Bonchev–Trinajstić information content (AvgIpc) is 3.11. The molecule has 0 aliphatic carbocycles. The molecule has 142 valence electrons. The Kier molecular flexibility index (Phi) is 5.73. The van der Waals surface area contributed by atoms with E-state index in [1.54, 1.807) is 29.9 Å². The van der Waals surface area contributed by atoms with Crippen molar-refractivity contribution in [1.82, 2.24) is 14.8 Å². The van der Waals surface area contributed by atoms with Crippen LogP contribution < -0.4 is 4.72 Å². The van der Waals surface area contributed by atoms with E-state index in [4.69, 9.17) is 16.3 Å². The van der Waals surface area contributed by atoms with Gasteiger partial charge in [0.05, 0.1) is 22.2 Å². The van der Waals surface area contributed by atoms with Crippen molar-refractivity contribution in [3.63, 3.8) is 0 Å². The molecule has 3 rings (SSSR count). The normalized spacial score (nSPS) is 11.5. The van der Waals surface area contributed by atoms with Gasteiger partial charge < -0.3 is 9.30 Å². The van der Waals surface area contributed by atoms with E-state index in [9.17, 15) is 12.8 Å². The number of nitrogens with one attached hydrogen (secondary N) is 1. The summed E-state index contributed by atoms with van der Waals surface area (Å²) in [4.78, 5) is 0.0483. The van der Waals surface area contributed by atoms with Crippen LogP contribution in [0.25, 0.3) is 11.4 Å². The highest BCUT2D eigenvalue weighted by Crippen LogP contribution is 2.33. The second-order valence-electron chi connectivity index (χ2n) is 5.57. The van der Waals surface area contributed by atoms with Crippen LogP contribution in [0.5, 0.6) is 0 Å². The lowest BCUT2D eigenvalue weighted by atomic mass is 10.1. The summed E-state index contributed by atoms with van der Waals surface area (Å²) in [5.74, 6) is -0.422. The second-order valence-corrected chi connectivity index (χ2v) is 7.66. The zero-order valence-electron chi connectivity index (χ0n) is 14.3. The third-order valence-corrected chi connectivity index (χ3v) is 5.42. The number of hydrogen-bond acceptors (Lipinski definition) is 5. The summed E-state index contributed by atoms with van der Waals surface area (Å²) in [6.45, 7) is 0.823. The van der Waals surface area contributed by atoms with E-state index in [-0.39, 0.29) is 15.6 Å². The molecule has 0 saturated carbocycles. The Morgan fingerprint density at radius 1 is 1.26 bits per heavy atom. The quantitative estimate of drug-likeness (QED) is 0.646. The molecule has 27 heavy (non-hydrogen) atoms. The average molecular weight is 411 g/mol. The van der Waals surface area contributed by atoms with Crippen LogP contribution in [0.4, 0.5) is 10.1 Å². The van der Waals surface area contributed by atoms with E-state index in [2.05, 4.69) is 14.9 Å². The number of aromatic nitrogens is 3. The molecule has 0 saturated heterocycles. The van der Waals surface area contributed by atoms with Gasteiger partial charge in [-0.05, 0) is 18.2 Å². The zero-order valence-corrected chi connectivity index (χ0v) is 15.8. The molecular weight excluding hydrogens is 395 g/mol. The molecule has 0 atom stereocenters. The van der Waals surface area contributed by atoms with Crippen molar-refractivity contribution < 1.29 is 17.5 Å². The molecule has 2 aromatic carbocycles. The van der Waals surface area contributed by atoms with Crippen LogP contribution in [0.2, 0.25) is 5.02 Å². The lowest BCUT2D eigenvalue weighted by Gasteiger charge is -2.14. The van der Waals surface area contributed by atoms with Gasteiger partial charge in [0.2, 0.25) is 0 Å². The van der Waals surface area contributed by atoms with Gasteiger partial charge in [-0.2, -0.15) is 0 Å². The molecular formula is C17H16ClFN4O3S. The highest BCUT2D eigenvalue weighted by molar-refractivity contribution is 7.92. The molecule has 0 unspecified atom stereocenters. The molecule has 1 aromatic heterocycles. The molecule has 0 amide bonds. The van der Waals surface area contributed by atoms with Crippen molar-refractivity contribution in [3.05, 3.63) is 59.6 Å². The van der Waals surface area contributed by atoms with Gasteiger partial charge >= 0.3 is 0 Å². The summed E-state index contributed by atoms with van der Waals surface area (Å²) in [7, 11) is -2.37. The first-order valence-electron chi connectivity index (χ1n) is 7.86. The van der Waals surface area contributed by atoms with Crippen LogP contribution >= 0.6 is 11.6 Å². The minimum absolute atomic E-state index is 0.00687. The SMILES string of the molecule is COCCn1cnnc1-c1cc(Cl)c(F)cc1NS(=O)(=O)c1ccccc1. The van der Waals surface area contributed by atoms with Crippen LogP contribution in [-0.4, -0.2) is 36.9 Å². The summed E-state index contributed by atoms with van der Waals surface area (Å²) in [5.41, 5.74) is 0.307. The topological polar surface area (TPSA) is 86.1 Å². The molecule has 3 aromatic rings. The number of methoxy groups -OCH3 is 1.